The molecular formula is C7H8O4. The van der Waals surface area contributed by atoms with E-state index in [0.717, 1.165) is 17.9 Å². The molecule has 4 nitrogen and oxygen atoms in total. The molecule has 0 aromatic heterocycles. The molecule has 0 spiro atoms. The topological polar surface area (TPSA) is 40.2 Å². The van der Waals surface area contributed by atoms with E-state index in [0.29, 0.717) is 13.4 Å². The van der Waals surface area contributed by atoms with Crippen molar-refractivity contribution in [2.45, 2.75) is 18.8 Å². The van der Waals surface area contributed by atoms with Gasteiger partial charge in [-0.15, -0.1) is 0 Å². The van der Waals surface area contributed by atoms with Crippen LogP contribution in [-0.2, 0) is 18.9 Å². The van der Waals surface area contributed by atoms with Gasteiger partial charge in [-0.2, -0.15) is 0 Å². The minimum absolute atomic E-state index is 0.0903. The Bertz CT molecular complexity index is 222. The van der Waals surface area contributed by atoms with Crippen LogP contribution in [0, 0.1) is 0 Å². The van der Waals surface area contributed by atoms with Gasteiger partial charge in [0.15, 0.2) is 24.9 Å². The largest absolute Gasteiger partial charge is 0.456 e. The Morgan fingerprint density at radius 2 is 2.18 bits per heavy atom. The zero-order chi connectivity index (χ0) is 7.26. The molecule has 0 radical (unpaired) electrons. The van der Waals surface area contributed by atoms with Crippen LogP contribution in [0.4, 0.5) is 0 Å². The molecule has 0 aromatic rings. The van der Waals surface area contributed by atoms with E-state index in [4.69, 9.17) is 18.9 Å². The Morgan fingerprint density at radius 1 is 1.18 bits per heavy atom. The van der Waals surface area contributed by atoms with Gasteiger partial charge in [-0.1, -0.05) is 0 Å². The molecule has 0 amide bonds. The normalized spacial score (nSPS) is 40.7. The van der Waals surface area contributed by atoms with Crippen molar-refractivity contribution in [2.24, 2.45) is 0 Å². The third-order valence-electron chi connectivity index (χ3n) is 2.06. The molecule has 0 saturated carbocycles. The van der Waals surface area contributed by atoms with Gasteiger partial charge in [-0.05, 0) is 0 Å². The van der Waals surface area contributed by atoms with Crippen LogP contribution in [0.1, 0.15) is 6.42 Å². The second-order valence-corrected chi connectivity index (χ2v) is 2.75. The van der Waals surface area contributed by atoms with Crippen molar-refractivity contribution >= 4 is 0 Å². The molecule has 0 aliphatic carbocycles. The highest BCUT2D eigenvalue weighted by Crippen LogP contribution is 2.40. The fourth-order valence-electron chi connectivity index (χ4n) is 1.45. The molecule has 11 heavy (non-hydrogen) atoms. The molecule has 3 aliphatic rings. The lowest BCUT2D eigenvalue weighted by atomic mass is 10.3. The summed E-state index contributed by atoms with van der Waals surface area (Å²) in [4.78, 5) is 0. The Hall–Kier alpha value is -0.580. The lowest BCUT2D eigenvalue weighted by molar-refractivity contribution is -0.115. The van der Waals surface area contributed by atoms with Crippen molar-refractivity contribution in [3.05, 3.63) is 11.5 Å². The molecule has 3 rings (SSSR count). The summed E-state index contributed by atoms with van der Waals surface area (Å²) in [7, 11) is 0. The lowest BCUT2D eigenvalue weighted by Crippen LogP contribution is -2.24. The summed E-state index contributed by atoms with van der Waals surface area (Å²) in [5.41, 5.74) is 0. The van der Waals surface area contributed by atoms with Crippen LogP contribution in [0.5, 0.6) is 0 Å². The predicted octanol–water partition coefficient (Wildman–Crippen LogP) is 0.347. The second kappa shape index (κ2) is 1.97. The van der Waals surface area contributed by atoms with Gasteiger partial charge in [0.2, 0.25) is 0 Å². The highest BCUT2D eigenvalue weighted by Gasteiger charge is 2.45. The van der Waals surface area contributed by atoms with E-state index in [2.05, 4.69) is 0 Å². The first-order valence-corrected chi connectivity index (χ1v) is 3.71. The first kappa shape index (κ1) is 5.99. The number of ether oxygens (including phenoxy) is 4. The molecule has 3 aliphatic heterocycles. The molecule has 0 aromatic carbocycles. The lowest BCUT2D eigenvalue weighted by Gasteiger charge is -2.12. The average Bonchev–Trinajstić information content (AvgIpc) is 2.65. The molecule has 4 heteroatoms. The first-order chi connectivity index (χ1) is 5.45. The van der Waals surface area contributed by atoms with Crippen molar-refractivity contribution in [3.8, 4) is 0 Å². The number of hydrogen-bond donors (Lipinski definition) is 0. The molecular weight excluding hydrogens is 148 g/mol. The summed E-state index contributed by atoms with van der Waals surface area (Å²) in [6, 6.07) is 0. The number of fused-ring (bicyclic) bond motifs is 2. The Labute approximate surface area is 63.7 Å². The SMILES string of the molecule is C1CC2=C(O2)C2OCOC2O1. The van der Waals surface area contributed by atoms with Gasteiger partial charge in [-0.25, -0.2) is 0 Å². The van der Waals surface area contributed by atoms with Crippen LogP contribution in [-0.4, -0.2) is 25.8 Å². The fraction of sp³-hybridized carbons (Fsp3) is 0.714. The molecule has 3 heterocycles. The van der Waals surface area contributed by atoms with Crippen molar-refractivity contribution < 1.29 is 18.9 Å². The molecule has 60 valence electrons. The quantitative estimate of drug-likeness (QED) is 0.507. The van der Waals surface area contributed by atoms with E-state index in [1.165, 1.54) is 0 Å². The maximum Gasteiger partial charge on any atom is 0.194 e. The maximum atomic E-state index is 5.36. The summed E-state index contributed by atoms with van der Waals surface area (Å²) in [5.74, 6) is 1.97. The zero-order valence-corrected chi connectivity index (χ0v) is 5.91. The fourth-order valence-corrected chi connectivity index (χ4v) is 1.45. The van der Waals surface area contributed by atoms with E-state index < -0.39 is 0 Å². The monoisotopic (exact) mass is 156 g/mol. The van der Waals surface area contributed by atoms with Gasteiger partial charge in [0, 0.05) is 6.42 Å². The van der Waals surface area contributed by atoms with Crippen molar-refractivity contribution in [1.29, 1.82) is 0 Å². The highest BCUT2D eigenvalue weighted by molar-refractivity contribution is 5.24. The zero-order valence-electron chi connectivity index (χ0n) is 5.91. The molecule has 2 atom stereocenters. The van der Waals surface area contributed by atoms with Gasteiger partial charge in [0.1, 0.15) is 5.76 Å². The minimum Gasteiger partial charge on any atom is -0.456 e. The van der Waals surface area contributed by atoms with Crippen LogP contribution < -0.4 is 0 Å². The summed E-state index contributed by atoms with van der Waals surface area (Å²) in [5, 5.41) is 0. The molecule has 1 fully saturated rings. The van der Waals surface area contributed by atoms with Gasteiger partial charge in [0.05, 0.1) is 6.61 Å². The first-order valence-electron chi connectivity index (χ1n) is 3.71. The Morgan fingerprint density at radius 3 is 3.18 bits per heavy atom. The van der Waals surface area contributed by atoms with Crippen molar-refractivity contribution in [2.75, 3.05) is 13.4 Å². The van der Waals surface area contributed by atoms with E-state index in [1.54, 1.807) is 0 Å². The minimum atomic E-state index is -0.231. The number of rotatable bonds is 0. The third kappa shape index (κ3) is 0.803. The smallest absolute Gasteiger partial charge is 0.194 e. The van der Waals surface area contributed by atoms with Gasteiger partial charge >= 0.3 is 0 Å². The Kier molecular flexibility index (Phi) is 1.07. The Balaban J connectivity index is 1.89. The number of hydrogen-bond acceptors (Lipinski definition) is 4. The van der Waals surface area contributed by atoms with Crippen LogP contribution in [0.3, 0.4) is 0 Å². The van der Waals surface area contributed by atoms with Crippen molar-refractivity contribution in [1.82, 2.24) is 0 Å². The van der Waals surface area contributed by atoms with Gasteiger partial charge < -0.3 is 18.9 Å². The van der Waals surface area contributed by atoms with Gasteiger partial charge in [-0.3, -0.25) is 0 Å². The van der Waals surface area contributed by atoms with Crippen LogP contribution in [0.2, 0.25) is 0 Å². The molecule has 0 bridgehead atoms. The molecule has 1 saturated heterocycles. The van der Waals surface area contributed by atoms with Crippen LogP contribution in [0.15, 0.2) is 11.5 Å². The maximum absolute atomic E-state index is 5.36. The molecule has 0 N–H and O–H groups in total. The van der Waals surface area contributed by atoms with E-state index in [9.17, 15) is 0 Å². The van der Waals surface area contributed by atoms with Crippen LogP contribution >= 0.6 is 0 Å². The second-order valence-electron chi connectivity index (χ2n) is 2.75. The van der Waals surface area contributed by atoms with Crippen molar-refractivity contribution in [3.63, 3.8) is 0 Å². The highest BCUT2D eigenvalue weighted by atomic mass is 16.8. The van der Waals surface area contributed by atoms with E-state index in [-0.39, 0.29) is 12.4 Å². The van der Waals surface area contributed by atoms with E-state index in [1.807, 2.05) is 0 Å². The summed E-state index contributed by atoms with van der Waals surface area (Å²) in [6.07, 6.45) is 0.534. The predicted molar refractivity (Wildman–Crippen MR) is 33.3 cm³/mol. The molecule has 2 unspecified atom stereocenters. The standard InChI is InChI=1S/C7H8O4/c1-2-8-7-6(9-3-10-7)5-4(1)11-5/h6-7H,1-3H2. The summed E-state index contributed by atoms with van der Waals surface area (Å²) >= 11 is 0. The summed E-state index contributed by atoms with van der Waals surface area (Å²) in [6.45, 7) is 0.985. The van der Waals surface area contributed by atoms with Crippen LogP contribution in [0.25, 0.3) is 0 Å². The summed E-state index contributed by atoms with van der Waals surface area (Å²) < 4.78 is 21.0. The van der Waals surface area contributed by atoms with E-state index >= 15 is 0 Å². The third-order valence-corrected chi connectivity index (χ3v) is 2.06. The van der Waals surface area contributed by atoms with Gasteiger partial charge in [0.25, 0.3) is 0 Å². The average molecular weight is 156 g/mol.